The monoisotopic (exact) mass is 484 g/mol. The standard InChI is InChI=1S/C20H28N4O6S2/c1-4-23(5-2)32(29,30)18-12-15(7-6-14(18)3)21-20(26)17-8-9-19(25)24(22-17)16-10-11-31(27,28)13-16/h6-7,12,16H,4-5,8-11,13H2,1-3H3,(H,21,26). The Balaban J connectivity index is 1.83. The number of sulfone groups is 1. The van der Waals surface area contributed by atoms with Gasteiger partial charge in [0.15, 0.2) is 9.84 Å². The Morgan fingerprint density at radius 3 is 2.53 bits per heavy atom. The van der Waals surface area contributed by atoms with E-state index in [0.29, 0.717) is 24.3 Å². The lowest BCUT2D eigenvalue weighted by Crippen LogP contribution is -2.42. The van der Waals surface area contributed by atoms with Gasteiger partial charge >= 0.3 is 0 Å². The Kier molecular flexibility index (Phi) is 7.06. The SMILES string of the molecule is CCN(CC)S(=O)(=O)c1cc(NC(=O)C2=NN(C3CCS(=O)(=O)C3)C(=O)CC2)ccc1C. The maximum atomic E-state index is 12.9. The fourth-order valence-electron chi connectivity index (χ4n) is 3.85. The minimum atomic E-state index is -3.71. The molecule has 2 heterocycles. The van der Waals surface area contributed by atoms with Crippen molar-refractivity contribution in [1.29, 1.82) is 0 Å². The molecular formula is C20H28N4O6S2. The van der Waals surface area contributed by atoms with Gasteiger partial charge in [0.2, 0.25) is 15.9 Å². The van der Waals surface area contributed by atoms with Crippen molar-refractivity contribution >= 4 is 43.1 Å². The fraction of sp³-hybridized carbons (Fsp3) is 0.550. The van der Waals surface area contributed by atoms with Gasteiger partial charge in [-0.2, -0.15) is 9.41 Å². The number of rotatable bonds is 7. The van der Waals surface area contributed by atoms with Crippen LogP contribution in [0.4, 0.5) is 5.69 Å². The Labute approximate surface area is 188 Å². The first-order chi connectivity index (χ1) is 15.0. The summed E-state index contributed by atoms with van der Waals surface area (Å²) < 4.78 is 50.7. The summed E-state index contributed by atoms with van der Waals surface area (Å²) in [6.07, 6.45) is 0.465. The minimum Gasteiger partial charge on any atom is -0.321 e. The second-order valence-corrected chi connectivity index (χ2v) is 12.0. The maximum Gasteiger partial charge on any atom is 0.271 e. The number of hydrazone groups is 1. The van der Waals surface area contributed by atoms with Crippen molar-refractivity contribution in [1.82, 2.24) is 9.31 Å². The molecule has 176 valence electrons. The van der Waals surface area contributed by atoms with Gasteiger partial charge in [-0.15, -0.1) is 0 Å². The van der Waals surface area contributed by atoms with E-state index in [0.717, 1.165) is 5.01 Å². The van der Waals surface area contributed by atoms with Crippen LogP contribution in [-0.4, -0.2) is 74.3 Å². The molecule has 10 nitrogen and oxygen atoms in total. The van der Waals surface area contributed by atoms with Gasteiger partial charge in [-0.1, -0.05) is 19.9 Å². The molecule has 0 saturated carbocycles. The Bertz CT molecular complexity index is 1160. The lowest BCUT2D eigenvalue weighted by atomic mass is 10.1. The molecule has 2 aliphatic heterocycles. The molecule has 1 atom stereocenters. The zero-order valence-electron chi connectivity index (χ0n) is 18.4. The van der Waals surface area contributed by atoms with Crippen LogP contribution in [0.25, 0.3) is 0 Å². The number of amides is 2. The van der Waals surface area contributed by atoms with E-state index in [4.69, 9.17) is 0 Å². The summed E-state index contributed by atoms with van der Waals surface area (Å²) in [7, 11) is -6.92. The molecule has 0 bridgehead atoms. The molecule has 2 amide bonds. The molecule has 1 N–H and O–H groups in total. The van der Waals surface area contributed by atoms with Crippen molar-refractivity contribution in [2.75, 3.05) is 29.9 Å². The summed E-state index contributed by atoms with van der Waals surface area (Å²) >= 11 is 0. The molecule has 0 aliphatic carbocycles. The van der Waals surface area contributed by atoms with Gasteiger partial charge in [0, 0.05) is 31.6 Å². The van der Waals surface area contributed by atoms with Gasteiger partial charge in [0.05, 0.1) is 22.4 Å². The predicted octanol–water partition coefficient (Wildman–Crippen LogP) is 1.13. The largest absolute Gasteiger partial charge is 0.321 e. The van der Waals surface area contributed by atoms with E-state index in [2.05, 4.69) is 10.4 Å². The van der Waals surface area contributed by atoms with Crippen molar-refractivity contribution in [2.24, 2.45) is 5.10 Å². The number of sulfonamides is 1. The summed E-state index contributed by atoms with van der Waals surface area (Å²) in [5.74, 6) is -1.04. The maximum absolute atomic E-state index is 12.9. The summed E-state index contributed by atoms with van der Waals surface area (Å²) in [6, 6.07) is 4.07. The van der Waals surface area contributed by atoms with Gasteiger partial charge in [-0.25, -0.2) is 21.8 Å². The molecule has 0 radical (unpaired) electrons. The second-order valence-electron chi connectivity index (χ2n) is 7.87. The highest BCUT2D eigenvalue weighted by Gasteiger charge is 2.37. The first-order valence-electron chi connectivity index (χ1n) is 10.5. The topological polar surface area (TPSA) is 133 Å². The molecule has 1 aromatic rings. The molecule has 2 aliphatic rings. The quantitative estimate of drug-likeness (QED) is 0.617. The number of aryl methyl sites for hydroxylation is 1. The zero-order valence-corrected chi connectivity index (χ0v) is 20.0. The number of hydrogen-bond donors (Lipinski definition) is 1. The van der Waals surface area contributed by atoms with Crippen LogP contribution in [0.2, 0.25) is 0 Å². The molecule has 3 rings (SSSR count). The number of carbonyl (C=O) groups excluding carboxylic acids is 2. The van der Waals surface area contributed by atoms with E-state index < -0.39 is 31.8 Å². The molecule has 1 saturated heterocycles. The van der Waals surface area contributed by atoms with E-state index in [1.54, 1.807) is 32.9 Å². The molecule has 1 unspecified atom stereocenters. The van der Waals surface area contributed by atoms with Gasteiger partial charge < -0.3 is 5.32 Å². The fourth-order valence-corrected chi connectivity index (χ4v) is 7.25. The second kappa shape index (κ2) is 9.28. The molecule has 0 spiro atoms. The van der Waals surface area contributed by atoms with Crippen LogP contribution in [-0.2, 0) is 29.4 Å². The van der Waals surface area contributed by atoms with Crippen LogP contribution >= 0.6 is 0 Å². The average molecular weight is 485 g/mol. The molecular weight excluding hydrogens is 456 g/mol. The zero-order chi connectivity index (χ0) is 23.7. The van der Waals surface area contributed by atoms with Crippen LogP contribution in [0.15, 0.2) is 28.2 Å². The third-order valence-electron chi connectivity index (χ3n) is 5.65. The predicted molar refractivity (Wildman–Crippen MR) is 120 cm³/mol. The normalized spacial score (nSPS) is 21.0. The molecule has 1 fully saturated rings. The lowest BCUT2D eigenvalue weighted by molar-refractivity contribution is -0.133. The van der Waals surface area contributed by atoms with E-state index in [-0.39, 0.29) is 47.3 Å². The number of benzene rings is 1. The Morgan fingerprint density at radius 2 is 1.94 bits per heavy atom. The molecule has 12 heteroatoms. The average Bonchev–Trinajstić information content (AvgIpc) is 3.09. The highest BCUT2D eigenvalue weighted by molar-refractivity contribution is 7.91. The van der Waals surface area contributed by atoms with Gasteiger partial charge in [-0.05, 0) is 31.0 Å². The summed E-state index contributed by atoms with van der Waals surface area (Å²) in [5, 5.41) is 7.93. The number of carbonyl (C=O) groups is 2. The highest BCUT2D eigenvalue weighted by Crippen LogP contribution is 2.25. The first kappa shape index (κ1) is 24.3. The first-order valence-corrected chi connectivity index (χ1v) is 13.8. The van der Waals surface area contributed by atoms with Crippen LogP contribution in [0.5, 0.6) is 0 Å². The highest BCUT2D eigenvalue weighted by atomic mass is 32.2. The van der Waals surface area contributed by atoms with E-state index in [1.165, 1.54) is 10.4 Å². The summed E-state index contributed by atoms with van der Waals surface area (Å²) in [4.78, 5) is 25.2. The van der Waals surface area contributed by atoms with Crippen molar-refractivity contribution in [3.05, 3.63) is 23.8 Å². The van der Waals surface area contributed by atoms with Crippen molar-refractivity contribution in [3.63, 3.8) is 0 Å². The van der Waals surface area contributed by atoms with Crippen LogP contribution in [0.1, 0.15) is 38.7 Å². The lowest BCUT2D eigenvalue weighted by Gasteiger charge is -2.27. The third-order valence-corrected chi connectivity index (χ3v) is 9.59. The smallest absolute Gasteiger partial charge is 0.271 e. The minimum absolute atomic E-state index is 0.00828. The van der Waals surface area contributed by atoms with E-state index in [9.17, 15) is 26.4 Å². The Morgan fingerprint density at radius 1 is 1.25 bits per heavy atom. The number of anilines is 1. The third kappa shape index (κ3) is 5.02. The van der Waals surface area contributed by atoms with Crippen LogP contribution in [0, 0.1) is 6.92 Å². The van der Waals surface area contributed by atoms with E-state index in [1.807, 2.05) is 0 Å². The van der Waals surface area contributed by atoms with Crippen molar-refractivity contribution in [2.45, 2.75) is 51.0 Å². The van der Waals surface area contributed by atoms with Crippen LogP contribution in [0.3, 0.4) is 0 Å². The molecule has 0 aromatic heterocycles. The van der Waals surface area contributed by atoms with E-state index >= 15 is 0 Å². The summed E-state index contributed by atoms with van der Waals surface area (Å²) in [5.41, 5.74) is 0.952. The van der Waals surface area contributed by atoms with Crippen LogP contribution < -0.4 is 5.32 Å². The molecule has 32 heavy (non-hydrogen) atoms. The number of nitrogens with one attached hydrogen (secondary N) is 1. The molecule has 1 aromatic carbocycles. The van der Waals surface area contributed by atoms with Gasteiger partial charge in [-0.3, -0.25) is 9.59 Å². The van der Waals surface area contributed by atoms with Gasteiger partial charge in [0.25, 0.3) is 5.91 Å². The number of hydrogen-bond acceptors (Lipinski definition) is 7. The number of nitrogens with zero attached hydrogens (tertiary/aromatic N) is 3. The van der Waals surface area contributed by atoms with Crippen molar-refractivity contribution in [3.8, 4) is 0 Å². The summed E-state index contributed by atoms with van der Waals surface area (Å²) in [6.45, 7) is 5.85. The van der Waals surface area contributed by atoms with Gasteiger partial charge in [0.1, 0.15) is 5.71 Å². The Hall–Kier alpha value is -2.31. The van der Waals surface area contributed by atoms with Crippen molar-refractivity contribution < 1.29 is 26.4 Å².